The highest BCUT2D eigenvalue weighted by atomic mass is 16.5. The van der Waals surface area contributed by atoms with Crippen LogP contribution < -0.4 is 10.5 Å². The number of carbonyl (C=O) groups is 1. The van der Waals surface area contributed by atoms with Gasteiger partial charge in [-0.25, -0.2) is 9.78 Å². The molecule has 5 nitrogen and oxygen atoms in total. The molecule has 2 rings (SSSR count). The summed E-state index contributed by atoms with van der Waals surface area (Å²) in [4.78, 5) is 16.0. The molecule has 110 valence electrons. The van der Waals surface area contributed by atoms with Gasteiger partial charge >= 0.3 is 5.97 Å². The van der Waals surface area contributed by atoms with E-state index in [1.54, 1.807) is 31.3 Å². The Morgan fingerprint density at radius 2 is 2.05 bits per heavy atom. The number of ether oxygens (including phenoxy) is 2. The van der Waals surface area contributed by atoms with Crippen LogP contribution in [0.5, 0.6) is 11.6 Å². The third-order valence-corrected chi connectivity index (χ3v) is 3.04. The molecular formula is C16H18N2O3. The van der Waals surface area contributed by atoms with Gasteiger partial charge in [0.15, 0.2) is 0 Å². The Balaban J connectivity index is 2.36. The molecule has 21 heavy (non-hydrogen) atoms. The van der Waals surface area contributed by atoms with Crippen molar-refractivity contribution in [3.63, 3.8) is 0 Å². The van der Waals surface area contributed by atoms with Crippen molar-refractivity contribution in [1.82, 2.24) is 4.98 Å². The minimum Gasteiger partial charge on any atom is -0.462 e. The minimum atomic E-state index is -0.460. The zero-order valence-electron chi connectivity index (χ0n) is 12.3. The fourth-order valence-electron chi connectivity index (χ4n) is 1.90. The molecule has 1 aromatic carbocycles. The Bertz CT molecular complexity index is 669. The molecule has 2 aromatic rings. The molecule has 2 N–H and O–H groups in total. The molecule has 0 aliphatic heterocycles. The molecule has 0 bridgehead atoms. The van der Waals surface area contributed by atoms with E-state index in [1.165, 1.54) is 0 Å². The molecule has 0 unspecified atom stereocenters. The Kier molecular flexibility index (Phi) is 4.42. The van der Waals surface area contributed by atoms with Crippen LogP contribution in [0.25, 0.3) is 0 Å². The second kappa shape index (κ2) is 6.26. The predicted molar refractivity (Wildman–Crippen MR) is 80.6 cm³/mol. The Hall–Kier alpha value is -2.56. The first-order chi connectivity index (χ1) is 10.0. The maximum Gasteiger partial charge on any atom is 0.343 e. The third kappa shape index (κ3) is 3.31. The topological polar surface area (TPSA) is 74.4 Å². The second-order valence-corrected chi connectivity index (χ2v) is 4.65. The molecule has 1 heterocycles. The van der Waals surface area contributed by atoms with Crippen LogP contribution in [0, 0.1) is 13.8 Å². The summed E-state index contributed by atoms with van der Waals surface area (Å²) in [6.07, 6.45) is 1.56. The Morgan fingerprint density at radius 1 is 1.29 bits per heavy atom. The second-order valence-electron chi connectivity index (χ2n) is 4.65. The number of hydrogen-bond donors (Lipinski definition) is 1. The first kappa shape index (κ1) is 14.8. The number of aryl methyl sites for hydroxylation is 2. The van der Waals surface area contributed by atoms with E-state index in [9.17, 15) is 4.79 Å². The quantitative estimate of drug-likeness (QED) is 0.689. The summed E-state index contributed by atoms with van der Waals surface area (Å²) in [6.45, 7) is 5.88. The van der Waals surface area contributed by atoms with E-state index >= 15 is 0 Å². The number of carbonyl (C=O) groups excluding carboxylic acids is 1. The zero-order chi connectivity index (χ0) is 15.4. The van der Waals surface area contributed by atoms with E-state index in [-0.39, 0.29) is 11.4 Å². The highest BCUT2D eigenvalue weighted by molar-refractivity contribution is 5.91. The molecule has 0 aliphatic carbocycles. The fourth-order valence-corrected chi connectivity index (χ4v) is 1.90. The van der Waals surface area contributed by atoms with Gasteiger partial charge in [0, 0.05) is 18.0 Å². The highest BCUT2D eigenvalue weighted by Gasteiger charge is 2.16. The lowest BCUT2D eigenvalue weighted by Crippen LogP contribution is -2.07. The molecule has 0 aliphatic rings. The molecule has 0 saturated heterocycles. The van der Waals surface area contributed by atoms with Crippen molar-refractivity contribution in [2.45, 2.75) is 20.8 Å². The average molecular weight is 286 g/mol. The summed E-state index contributed by atoms with van der Waals surface area (Å²) < 4.78 is 10.7. The lowest BCUT2D eigenvalue weighted by molar-refractivity contribution is 0.0522. The van der Waals surface area contributed by atoms with Gasteiger partial charge in [-0.1, -0.05) is 6.07 Å². The Labute approximate surface area is 123 Å². The number of aromatic nitrogens is 1. The zero-order valence-corrected chi connectivity index (χ0v) is 12.3. The fraction of sp³-hybridized carbons (Fsp3) is 0.250. The summed E-state index contributed by atoms with van der Waals surface area (Å²) in [6, 6.07) is 6.94. The normalized spacial score (nSPS) is 10.2. The standard InChI is InChI=1S/C16H18N2O3/c1-4-20-16(19)12-6-5-7-18-15(12)21-14-9-13(17)10(2)8-11(14)3/h5-9H,4,17H2,1-3H3. The molecule has 5 heteroatoms. The number of nitrogens with zero attached hydrogens (tertiary/aromatic N) is 1. The third-order valence-electron chi connectivity index (χ3n) is 3.04. The first-order valence-electron chi connectivity index (χ1n) is 6.69. The smallest absolute Gasteiger partial charge is 0.343 e. The van der Waals surface area contributed by atoms with E-state index in [0.717, 1.165) is 11.1 Å². The predicted octanol–water partition coefficient (Wildman–Crippen LogP) is 3.25. The maximum absolute atomic E-state index is 11.9. The molecule has 1 aromatic heterocycles. The lowest BCUT2D eigenvalue weighted by atomic mass is 10.1. The van der Waals surface area contributed by atoms with Crippen LogP contribution in [0.3, 0.4) is 0 Å². The van der Waals surface area contributed by atoms with E-state index in [0.29, 0.717) is 18.0 Å². The molecule has 0 atom stereocenters. The van der Waals surface area contributed by atoms with Gasteiger partial charge in [-0.05, 0) is 44.0 Å². The number of rotatable bonds is 4. The van der Waals surface area contributed by atoms with E-state index in [2.05, 4.69) is 4.98 Å². The lowest BCUT2D eigenvalue weighted by Gasteiger charge is -2.12. The van der Waals surface area contributed by atoms with Gasteiger partial charge in [-0.3, -0.25) is 0 Å². The summed E-state index contributed by atoms with van der Waals surface area (Å²) in [5.74, 6) is 0.322. The van der Waals surface area contributed by atoms with Crippen LogP contribution in [0.15, 0.2) is 30.5 Å². The van der Waals surface area contributed by atoms with E-state index < -0.39 is 5.97 Å². The molecule has 0 saturated carbocycles. The summed E-state index contributed by atoms with van der Waals surface area (Å²) in [5.41, 5.74) is 8.71. The number of nitrogen functional groups attached to an aromatic ring is 1. The van der Waals surface area contributed by atoms with Crippen molar-refractivity contribution >= 4 is 11.7 Å². The van der Waals surface area contributed by atoms with Crippen molar-refractivity contribution in [2.75, 3.05) is 12.3 Å². The van der Waals surface area contributed by atoms with Gasteiger partial charge in [-0.2, -0.15) is 0 Å². The maximum atomic E-state index is 11.9. The van der Waals surface area contributed by atoms with Crippen molar-refractivity contribution in [2.24, 2.45) is 0 Å². The molecular weight excluding hydrogens is 268 g/mol. The van der Waals surface area contributed by atoms with Crippen LogP contribution in [0.1, 0.15) is 28.4 Å². The van der Waals surface area contributed by atoms with Gasteiger partial charge in [-0.15, -0.1) is 0 Å². The van der Waals surface area contributed by atoms with Crippen LogP contribution in [0.2, 0.25) is 0 Å². The average Bonchev–Trinajstić information content (AvgIpc) is 2.45. The number of pyridine rings is 1. The van der Waals surface area contributed by atoms with Gasteiger partial charge in [0.25, 0.3) is 0 Å². The number of benzene rings is 1. The van der Waals surface area contributed by atoms with Crippen molar-refractivity contribution in [3.8, 4) is 11.6 Å². The van der Waals surface area contributed by atoms with Crippen LogP contribution in [-0.2, 0) is 4.74 Å². The minimum absolute atomic E-state index is 0.210. The molecule has 0 radical (unpaired) electrons. The van der Waals surface area contributed by atoms with Gasteiger partial charge in [0.1, 0.15) is 11.3 Å². The molecule has 0 spiro atoms. The van der Waals surface area contributed by atoms with E-state index in [4.69, 9.17) is 15.2 Å². The van der Waals surface area contributed by atoms with Crippen LogP contribution >= 0.6 is 0 Å². The number of hydrogen-bond acceptors (Lipinski definition) is 5. The highest BCUT2D eigenvalue weighted by Crippen LogP contribution is 2.30. The molecule has 0 fully saturated rings. The molecule has 0 amide bonds. The number of anilines is 1. The largest absolute Gasteiger partial charge is 0.462 e. The van der Waals surface area contributed by atoms with Gasteiger partial charge in [0.05, 0.1) is 6.61 Å². The van der Waals surface area contributed by atoms with Crippen molar-refractivity contribution in [3.05, 3.63) is 47.2 Å². The summed E-state index contributed by atoms with van der Waals surface area (Å²) in [5, 5.41) is 0. The first-order valence-corrected chi connectivity index (χ1v) is 6.69. The van der Waals surface area contributed by atoms with E-state index in [1.807, 2.05) is 19.9 Å². The van der Waals surface area contributed by atoms with Crippen molar-refractivity contribution < 1.29 is 14.3 Å². The summed E-state index contributed by atoms with van der Waals surface area (Å²) >= 11 is 0. The monoisotopic (exact) mass is 286 g/mol. The Morgan fingerprint density at radius 3 is 2.76 bits per heavy atom. The van der Waals surface area contributed by atoms with Gasteiger partial charge in [0.2, 0.25) is 5.88 Å². The van der Waals surface area contributed by atoms with Gasteiger partial charge < -0.3 is 15.2 Å². The number of nitrogens with two attached hydrogens (primary N) is 1. The number of esters is 1. The SMILES string of the molecule is CCOC(=O)c1cccnc1Oc1cc(N)c(C)cc1C. The summed E-state index contributed by atoms with van der Waals surface area (Å²) in [7, 11) is 0. The van der Waals surface area contributed by atoms with Crippen LogP contribution in [-0.4, -0.2) is 17.6 Å². The van der Waals surface area contributed by atoms with Crippen LogP contribution in [0.4, 0.5) is 5.69 Å². The van der Waals surface area contributed by atoms with Crippen molar-refractivity contribution in [1.29, 1.82) is 0 Å².